The van der Waals surface area contributed by atoms with Gasteiger partial charge in [0, 0.05) is 13.1 Å². The molecule has 0 unspecified atom stereocenters. The lowest BCUT2D eigenvalue weighted by Gasteiger charge is -2.24. The summed E-state index contributed by atoms with van der Waals surface area (Å²) < 4.78 is 0. The average Bonchev–Trinajstić information content (AvgIpc) is 2.21. The predicted molar refractivity (Wildman–Crippen MR) is 66.9 cm³/mol. The third-order valence-corrected chi connectivity index (χ3v) is 2.67. The highest BCUT2D eigenvalue weighted by atomic mass is 15.1. The number of hydrogen-bond donors (Lipinski definition) is 0. The lowest BCUT2D eigenvalue weighted by atomic mass is 9.95. The summed E-state index contributed by atoms with van der Waals surface area (Å²) in [7, 11) is 2.06. The number of rotatable bonds is 4. The third kappa shape index (κ3) is 3.67. The van der Waals surface area contributed by atoms with Crippen LogP contribution in [-0.4, -0.2) is 18.5 Å². The van der Waals surface area contributed by atoms with Crippen LogP contribution in [-0.2, 0) is 6.54 Å². The summed E-state index contributed by atoms with van der Waals surface area (Å²) in [5.74, 6) is 0. The first kappa shape index (κ1) is 12.7. The zero-order valence-electron chi connectivity index (χ0n) is 10.6. The zero-order chi connectivity index (χ0) is 12.2. The van der Waals surface area contributed by atoms with Gasteiger partial charge in [-0.05, 0) is 38.9 Å². The Bertz CT molecular complexity index is 388. The Morgan fingerprint density at radius 1 is 1.31 bits per heavy atom. The lowest BCUT2D eigenvalue weighted by molar-refractivity contribution is 0.248. The van der Waals surface area contributed by atoms with Crippen molar-refractivity contribution in [3.05, 3.63) is 35.4 Å². The van der Waals surface area contributed by atoms with Gasteiger partial charge in [0.1, 0.15) is 0 Å². The molecule has 2 heteroatoms. The molecule has 0 saturated carbocycles. The molecule has 0 fully saturated rings. The van der Waals surface area contributed by atoms with E-state index in [9.17, 15) is 0 Å². The van der Waals surface area contributed by atoms with E-state index in [-0.39, 0.29) is 5.41 Å². The molecule has 0 aliphatic rings. The Kier molecular flexibility index (Phi) is 4.09. The van der Waals surface area contributed by atoms with Gasteiger partial charge in [0.05, 0.1) is 11.5 Å². The highest BCUT2D eigenvalue weighted by Crippen LogP contribution is 2.17. The van der Waals surface area contributed by atoms with Crippen LogP contribution in [0.2, 0.25) is 0 Å². The fourth-order valence-electron chi connectivity index (χ4n) is 1.84. The topological polar surface area (TPSA) is 27.0 Å². The number of benzene rings is 1. The van der Waals surface area contributed by atoms with E-state index in [1.807, 2.05) is 13.8 Å². The number of nitriles is 1. The molecule has 0 aromatic heterocycles. The van der Waals surface area contributed by atoms with Gasteiger partial charge in [0.2, 0.25) is 0 Å². The molecule has 0 aliphatic carbocycles. The van der Waals surface area contributed by atoms with E-state index < -0.39 is 0 Å². The SMILES string of the molecule is Cc1ccccc1CN(C)CC(C)(C)C#N. The number of nitrogens with zero attached hydrogens (tertiary/aromatic N) is 2. The fraction of sp³-hybridized carbons (Fsp3) is 0.500. The van der Waals surface area contributed by atoms with Crippen LogP contribution in [0.15, 0.2) is 24.3 Å². The summed E-state index contributed by atoms with van der Waals surface area (Å²) in [6, 6.07) is 10.7. The molecule has 86 valence electrons. The van der Waals surface area contributed by atoms with Crippen molar-refractivity contribution in [2.45, 2.75) is 27.3 Å². The van der Waals surface area contributed by atoms with Gasteiger partial charge >= 0.3 is 0 Å². The van der Waals surface area contributed by atoms with E-state index in [1.54, 1.807) is 0 Å². The van der Waals surface area contributed by atoms with Crippen LogP contribution in [0.1, 0.15) is 25.0 Å². The van der Waals surface area contributed by atoms with Crippen molar-refractivity contribution in [2.75, 3.05) is 13.6 Å². The van der Waals surface area contributed by atoms with Crippen molar-refractivity contribution >= 4 is 0 Å². The smallest absolute Gasteiger partial charge is 0.0697 e. The standard InChI is InChI=1S/C14H20N2/c1-12-7-5-6-8-13(12)9-16(4)11-14(2,3)10-15/h5-8H,9,11H2,1-4H3. The Labute approximate surface area is 98.5 Å². The van der Waals surface area contributed by atoms with Gasteiger partial charge in [-0.25, -0.2) is 0 Å². The van der Waals surface area contributed by atoms with Crippen molar-refractivity contribution in [3.8, 4) is 6.07 Å². The maximum absolute atomic E-state index is 8.99. The average molecular weight is 216 g/mol. The minimum Gasteiger partial charge on any atom is -0.301 e. The summed E-state index contributed by atoms with van der Waals surface area (Å²) in [4.78, 5) is 2.20. The molecule has 0 aliphatic heterocycles. The molecule has 0 amide bonds. The van der Waals surface area contributed by atoms with E-state index in [0.717, 1.165) is 13.1 Å². The Morgan fingerprint density at radius 3 is 2.50 bits per heavy atom. The quantitative estimate of drug-likeness (QED) is 0.773. The van der Waals surface area contributed by atoms with Gasteiger partial charge < -0.3 is 4.90 Å². The van der Waals surface area contributed by atoms with Crippen LogP contribution in [0.25, 0.3) is 0 Å². The number of hydrogen-bond acceptors (Lipinski definition) is 2. The van der Waals surface area contributed by atoms with Crippen LogP contribution < -0.4 is 0 Å². The Morgan fingerprint density at radius 2 is 1.94 bits per heavy atom. The third-order valence-electron chi connectivity index (χ3n) is 2.67. The molecule has 1 rings (SSSR count). The molecule has 0 saturated heterocycles. The van der Waals surface area contributed by atoms with E-state index in [2.05, 4.69) is 49.2 Å². The molecule has 1 aromatic rings. The van der Waals surface area contributed by atoms with E-state index in [4.69, 9.17) is 5.26 Å². The van der Waals surface area contributed by atoms with Crippen molar-refractivity contribution in [2.24, 2.45) is 5.41 Å². The van der Waals surface area contributed by atoms with Crippen molar-refractivity contribution < 1.29 is 0 Å². The molecule has 0 bridgehead atoms. The zero-order valence-corrected chi connectivity index (χ0v) is 10.6. The van der Waals surface area contributed by atoms with Crippen LogP contribution in [0.3, 0.4) is 0 Å². The van der Waals surface area contributed by atoms with Crippen molar-refractivity contribution in [3.63, 3.8) is 0 Å². The second-order valence-corrected chi connectivity index (χ2v) is 5.09. The summed E-state index contributed by atoms with van der Waals surface area (Å²) in [6.45, 7) is 7.76. The van der Waals surface area contributed by atoms with Gasteiger partial charge in [-0.15, -0.1) is 0 Å². The molecule has 0 atom stereocenters. The van der Waals surface area contributed by atoms with Crippen LogP contribution in [0.5, 0.6) is 0 Å². The van der Waals surface area contributed by atoms with E-state index in [1.165, 1.54) is 11.1 Å². The molecule has 0 heterocycles. The van der Waals surface area contributed by atoms with Crippen LogP contribution in [0.4, 0.5) is 0 Å². The molecule has 2 nitrogen and oxygen atoms in total. The van der Waals surface area contributed by atoms with Crippen molar-refractivity contribution in [1.29, 1.82) is 5.26 Å². The molecule has 1 aromatic carbocycles. The molecular weight excluding hydrogens is 196 g/mol. The summed E-state index contributed by atoms with van der Waals surface area (Å²) >= 11 is 0. The second kappa shape index (κ2) is 5.14. The molecule has 0 N–H and O–H groups in total. The maximum atomic E-state index is 8.99. The van der Waals surface area contributed by atoms with Gasteiger partial charge in [0.25, 0.3) is 0 Å². The minimum atomic E-state index is -0.280. The van der Waals surface area contributed by atoms with Gasteiger partial charge in [0.15, 0.2) is 0 Å². The monoisotopic (exact) mass is 216 g/mol. The van der Waals surface area contributed by atoms with Gasteiger partial charge in [-0.2, -0.15) is 5.26 Å². The Hall–Kier alpha value is -1.33. The Balaban J connectivity index is 2.63. The fourth-order valence-corrected chi connectivity index (χ4v) is 1.84. The number of aryl methyl sites for hydroxylation is 1. The normalized spacial score (nSPS) is 11.5. The second-order valence-electron chi connectivity index (χ2n) is 5.09. The summed E-state index contributed by atoms with van der Waals surface area (Å²) in [5, 5.41) is 8.99. The van der Waals surface area contributed by atoms with Crippen LogP contribution >= 0.6 is 0 Å². The highest BCUT2D eigenvalue weighted by Gasteiger charge is 2.19. The van der Waals surface area contributed by atoms with Crippen molar-refractivity contribution in [1.82, 2.24) is 4.90 Å². The van der Waals surface area contributed by atoms with Gasteiger partial charge in [-0.1, -0.05) is 24.3 Å². The first-order valence-corrected chi connectivity index (χ1v) is 5.59. The lowest BCUT2D eigenvalue weighted by Crippen LogP contribution is -2.30. The van der Waals surface area contributed by atoms with Crippen LogP contribution in [0, 0.1) is 23.7 Å². The minimum absolute atomic E-state index is 0.280. The largest absolute Gasteiger partial charge is 0.301 e. The van der Waals surface area contributed by atoms with Gasteiger partial charge in [-0.3, -0.25) is 0 Å². The van der Waals surface area contributed by atoms with E-state index in [0.29, 0.717) is 0 Å². The molecule has 0 spiro atoms. The first-order valence-electron chi connectivity index (χ1n) is 5.59. The summed E-state index contributed by atoms with van der Waals surface area (Å²) in [5.41, 5.74) is 2.36. The van der Waals surface area contributed by atoms with E-state index >= 15 is 0 Å². The maximum Gasteiger partial charge on any atom is 0.0697 e. The molecular formula is C14H20N2. The highest BCUT2D eigenvalue weighted by molar-refractivity contribution is 5.25. The predicted octanol–water partition coefficient (Wildman–Crippen LogP) is 2.98. The molecule has 0 radical (unpaired) electrons. The summed E-state index contributed by atoms with van der Waals surface area (Å²) in [6.07, 6.45) is 0. The first-order chi connectivity index (χ1) is 7.44. The molecule has 16 heavy (non-hydrogen) atoms.